The van der Waals surface area contributed by atoms with Crippen LogP contribution in [0.4, 0.5) is 0 Å². The first-order valence-electron chi connectivity index (χ1n) is 8.17. The molecule has 2 rings (SSSR count). The number of nitrogens with one attached hydrogen (secondary N) is 1. The minimum absolute atomic E-state index is 0.435. The molecule has 0 aliphatic heterocycles. The van der Waals surface area contributed by atoms with Crippen LogP contribution in [-0.4, -0.2) is 6.54 Å². The van der Waals surface area contributed by atoms with Gasteiger partial charge in [0.15, 0.2) is 0 Å². The third-order valence-corrected chi connectivity index (χ3v) is 5.18. The monoisotopic (exact) mass is 301 g/mol. The van der Waals surface area contributed by atoms with Gasteiger partial charge in [-0.05, 0) is 49.1 Å². The standard InChI is InChI=1S/C19H27NS/c1-4-13-20-19(14-17-12-11-16(6-3)21-17)18-10-8-7-9-15(18)5-2/h7-12,19-20H,4-6,13-14H2,1-3H3. The summed E-state index contributed by atoms with van der Waals surface area (Å²) in [5, 5.41) is 3.74. The summed E-state index contributed by atoms with van der Waals surface area (Å²) in [7, 11) is 0. The van der Waals surface area contributed by atoms with E-state index in [1.165, 1.54) is 27.3 Å². The molecule has 1 unspecified atom stereocenters. The van der Waals surface area contributed by atoms with Crippen molar-refractivity contribution < 1.29 is 0 Å². The predicted octanol–water partition coefficient (Wildman–Crippen LogP) is 5.16. The Labute approximate surface area is 133 Å². The van der Waals surface area contributed by atoms with Crippen LogP contribution in [0.25, 0.3) is 0 Å². The maximum absolute atomic E-state index is 3.74. The molecule has 1 aromatic heterocycles. The van der Waals surface area contributed by atoms with Gasteiger partial charge < -0.3 is 5.32 Å². The topological polar surface area (TPSA) is 12.0 Å². The zero-order valence-electron chi connectivity index (χ0n) is 13.5. The summed E-state index contributed by atoms with van der Waals surface area (Å²) in [5.74, 6) is 0. The first kappa shape index (κ1) is 16.3. The molecule has 0 aliphatic carbocycles. The van der Waals surface area contributed by atoms with Gasteiger partial charge in [0.2, 0.25) is 0 Å². The van der Waals surface area contributed by atoms with E-state index < -0.39 is 0 Å². The molecule has 1 aromatic carbocycles. The third kappa shape index (κ3) is 4.42. The van der Waals surface area contributed by atoms with Crippen molar-refractivity contribution in [1.82, 2.24) is 5.32 Å². The Bertz CT molecular complexity index is 544. The van der Waals surface area contributed by atoms with Crippen molar-refractivity contribution in [3.8, 4) is 0 Å². The minimum atomic E-state index is 0.435. The van der Waals surface area contributed by atoms with E-state index in [9.17, 15) is 0 Å². The smallest absolute Gasteiger partial charge is 0.0371 e. The van der Waals surface area contributed by atoms with Gasteiger partial charge in [0.05, 0.1) is 0 Å². The van der Waals surface area contributed by atoms with Crippen molar-refractivity contribution in [2.24, 2.45) is 0 Å². The molecular formula is C19H27NS. The molecule has 0 fully saturated rings. The molecule has 0 saturated carbocycles. The molecule has 0 aliphatic rings. The number of hydrogen-bond acceptors (Lipinski definition) is 2. The highest BCUT2D eigenvalue weighted by atomic mass is 32.1. The number of aryl methyl sites for hydroxylation is 2. The fourth-order valence-corrected chi connectivity index (χ4v) is 3.73. The quantitative estimate of drug-likeness (QED) is 0.710. The summed E-state index contributed by atoms with van der Waals surface area (Å²) in [6, 6.07) is 13.9. The molecule has 21 heavy (non-hydrogen) atoms. The lowest BCUT2D eigenvalue weighted by molar-refractivity contribution is 0.529. The van der Waals surface area contributed by atoms with Gasteiger partial charge in [-0.1, -0.05) is 45.0 Å². The van der Waals surface area contributed by atoms with E-state index in [0.717, 1.165) is 25.8 Å². The summed E-state index contributed by atoms with van der Waals surface area (Å²) in [5.41, 5.74) is 2.94. The molecule has 0 bridgehead atoms. The van der Waals surface area contributed by atoms with E-state index in [4.69, 9.17) is 0 Å². The largest absolute Gasteiger partial charge is 0.310 e. The Morgan fingerprint density at radius 1 is 0.952 bits per heavy atom. The van der Waals surface area contributed by atoms with Gasteiger partial charge in [-0.25, -0.2) is 0 Å². The second kappa shape index (κ2) is 8.35. The summed E-state index contributed by atoms with van der Waals surface area (Å²) in [6.45, 7) is 7.79. The number of hydrogen-bond donors (Lipinski definition) is 1. The van der Waals surface area contributed by atoms with Crippen LogP contribution in [0.3, 0.4) is 0 Å². The van der Waals surface area contributed by atoms with Crippen LogP contribution in [0.15, 0.2) is 36.4 Å². The Kier molecular flexibility index (Phi) is 6.47. The molecule has 2 aromatic rings. The Hall–Kier alpha value is -1.12. The van der Waals surface area contributed by atoms with E-state index >= 15 is 0 Å². The van der Waals surface area contributed by atoms with Gasteiger partial charge in [0.25, 0.3) is 0 Å². The van der Waals surface area contributed by atoms with Crippen LogP contribution in [-0.2, 0) is 19.3 Å². The second-order valence-electron chi connectivity index (χ2n) is 5.48. The lowest BCUT2D eigenvalue weighted by Gasteiger charge is -2.21. The highest BCUT2D eigenvalue weighted by Gasteiger charge is 2.15. The average molecular weight is 301 g/mol. The minimum Gasteiger partial charge on any atom is -0.310 e. The zero-order chi connectivity index (χ0) is 15.1. The summed E-state index contributed by atoms with van der Waals surface area (Å²) >= 11 is 1.96. The normalized spacial score (nSPS) is 12.5. The molecule has 0 amide bonds. The molecule has 114 valence electrons. The van der Waals surface area contributed by atoms with E-state index in [1.54, 1.807) is 0 Å². The fourth-order valence-electron chi connectivity index (χ4n) is 2.73. The molecule has 1 heterocycles. The van der Waals surface area contributed by atoms with Crippen molar-refractivity contribution in [3.05, 3.63) is 57.3 Å². The van der Waals surface area contributed by atoms with Gasteiger partial charge in [0.1, 0.15) is 0 Å². The molecule has 1 atom stereocenters. The van der Waals surface area contributed by atoms with Gasteiger partial charge >= 0.3 is 0 Å². The SMILES string of the molecule is CCCNC(Cc1ccc(CC)s1)c1ccccc1CC. The van der Waals surface area contributed by atoms with Crippen LogP contribution in [0, 0.1) is 0 Å². The van der Waals surface area contributed by atoms with Crippen LogP contribution >= 0.6 is 11.3 Å². The van der Waals surface area contributed by atoms with Crippen LogP contribution in [0.2, 0.25) is 0 Å². The van der Waals surface area contributed by atoms with Crippen LogP contribution < -0.4 is 5.32 Å². The van der Waals surface area contributed by atoms with Crippen molar-refractivity contribution in [3.63, 3.8) is 0 Å². The fraction of sp³-hybridized carbons (Fsp3) is 0.474. The number of benzene rings is 1. The number of thiophene rings is 1. The van der Waals surface area contributed by atoms with Crippen LogP contribution in [0.5, 0.6) is 0 Å². The first-order valence-corrected chi connectivity index (χ1v) is 8.98. The Balaban J connectivity index is 2.20. The molecule has 0 spiro atoms. The first-order chi connectivity index (χ1) is 10.3. The molecular weight excluding hydrogens is 274 g/mol. The molecule has 2 heteroatoms. The molecule has 1 N–H and O–H groups in total. The van der Waals surface area contributed by atoms with E-state index in [-0.39, 0.29) is 0 Å². The Morgan fingerprint density at radius 2 is 1.71 bits per heavy atom. The number of rotatable bonds is 8. The van der Waals surface area contributed by atoms with E-state index in [1.807, 2.05) is 11.3 Å². The van der Waals surface area contributed by atoms with Crippen molar-refractivity contribution in [2.75, 3.05) is 6.54 Å². The second-order valence-corrected chi connectivity index (χ2v) is 6.74. The zero-order valence-corrected chi connectivity index (χ0v) is 14.3. The van der Waals surface area contributed by atoms with E-state index in [0.29, 0.717) is 6.04 Å². The lowest BCUT2D eigenvalue weighted by Crippen LogP contribution is -2.24. The molecule has 1 nitrogen and oxygen atoms in total. The van der Waals surface area contributed by atoms with Gasteiger partial charge in [0, 0.05) is 22.2 Å². The predicted molar refractivity (Wildman–Crippen MR) is 94.3 cm³/mol. The van der Waals surface area contributed by atoms with Crippen molar-refractivity contribution in [2.45, 2.75) is 52.5 Å². The van der Waals surface area contributed by atoms with Gasteiger partial charge in [-0.2, -0.15) is 0 Å². The maximum atomic E-state index is 3.74. The molecule has 0 saturated heterocycles. The average Bonchev–Trinajstić information content (AvgIpc) is 2.99. The van der Waals surface area contributed by atoms with Gasteiger partial charge in [-0.15, -0.1) is 11.3 Å². The highest BCUT2D eigenvalue weighted by molar-refractivity contribution is 7.11. The third-order valence-electron chi connectivity index (χ3n) is 3.92. The summed E-state index contributed by atoms with van der Waals surface area (Å²) in [4.78, 5) is 2.98. The maximum Gasteiger partial charge on any atom is 0.0371 e. The summed E-state index contributed by atoms with van der Waals surface area (Å²) < 4.78 is 0. The van der Waals surface area contributed by atoms with E-state index in [2.05, 4.69) is 62.5 Å². The van der Waals surface area contributed by atoms with Gasteiger partial charge in [-0.3, -0.25) is 0 Å². The van der Waals surface area contributed by atoms with Crippen molar-refractivity contribution >= 4 is 11.3 Å². The lowest BCUT2D eigenvalue weighted by atomic mass is 9.96. The Morgan fingerprint density at radius 3 is 2.38 bits per heavy atom. The van der Waals surface area contributed by atoms with Crippen LogP contribution in [0.1, 0.15) is 54.1 Å². The molecule has 0 radical (unpaired) electrons. The summed E-state index contributed by atoms with van der Waals surface area (Å²) in [6.07, 6.45) is 4.52. The highest BCUT2D eigenvalue weighted by Crippen LogP contribution is 2.26. The van der Waals surface area contributed by atoms with Crippen molar-refractivity contribution in [1.29, 1.82) is 0 Å².